The standard InChI is InChI=1S/C18H36N2O/c1-5-11-19-16-15(7-6-8-17(16,2)3)14-20-12-9-18(4,21)10-13-20/h15-16,19,21H,5-14H2,1-4H3. The topological polar surface area (TPSA) is 35.5 Å². The molecule has 1 saturated carbocycles. The van der Waals surface area contributed by atoms with Crippen molar-refractivity contribution in [3.63, 3.8) is 0 Å². The second kappa shape index (κ2) is 6.97. The van der Waals surface area contributed by atoms with Crippen LogP contribution in [0.1, 0.15) is 66.2 Å². The third-order valence-electron chi connectivity index (χ3n) is 5.75. The molecule has 2 atom stereocenters. The molecule has 1 saturated heterocycles. The quantitative estimate of drug-likeness (QED) is 0.818. The maximum atomic E-state index is 10.1. The maximum absolute atomic E-state index is 10.1. The molecule has 2 fully saturated rings. The Labute approximate surface area is 131 Å². The van der Waals surface area contributed by atoms with Gasteiger partial charge in [0.2, 0.25) is 0 Å². The minimum Gasteiger partial charge on any atom is -0.390 e. The minimum absolute atomic E-state index is 0.416. The van der Waals surface area contributed by atoms with Crippen LogP contribution >= 0.6 is 0 Å². The summed E-state index contributed by atoms with van der Waals surface area (Å²) in [6, 6.07) is 0.647. The number of likely N-dealkylation sites (tertiary alicyclic amines) is 1. The smallest absolute Gasteiger partial charge is 0.0644 e. The van der Waals surface area contributed by atoms with Crippen LogP contribution in [0.5, 0.6) is 0 Å². The van der Waals surface area contributed by atoms with Crippen LogP contribution in [0.4, 0.5) is 0 Å². The molecule has 1 aliphatic heterocycles. The van der Waals surface area contributed by atoms with Crippen LogP contribution < -0.4 is 5.32 Å². The number of rotatable bonds is 5. The summed E-state index contributed by atoms with van der Waals surface area (Å²) in [5, 5.41) is 14.0. The SMILES string of the molecule is CCCNC1C(CN2CCC(C)(O)CC2)CCCC1(C)C. The van der Waals surface area contributed by atoms with Gasteiger partial charge in [0.15, 0.2) is 0 Å². The highest BCUT2D eigenvalue weighted by Crippen LogP contribution is 2.39. The van der Waals surface area contributed by atoms with Crippen molar-refractivity contribution in [1.82, 2.24) is 10.2 Å². The van der Waals surface area contributed by atoms with Gasteiger partial charge in [-0.05, 0) is 56.9 Å². The molecule has 0 spiro atoms. The molecular weight excluding hydrogens is 260 g/mol. The van der Waals surface area contributed by atoms with E-state index in [0.29, 0.717) is 11.5 Å². The van der Waals surface area contributed by atoms with E-state index in [2.05, 4.69) is 31.0 Å². The summed E-state index contributed by atoms with van der Waals surface area (Å²) in [4.78, 5) is 2.59. The predicted octanol–water partition coefficient (Wildman–Crippen LogP) is 3.03. The Balaban J connectivity index is 1.93. The van der Waals surface area contributed by atoms with E-state index in [1.165, 1.54) is 32.2 Å². The molecule has 1 aliphatic carbocycles. The number of piperidine rings is 1. The van der Waals surface area contributed by atoms with Crippen molar-refractivity contribution in [3.05, 3.63) is 0 Å². The van der Waals surface area contributed by atoms with E-state index in [0.717, 1.165) is 38.4 Å². The fraction of sp³-hybridized carbons (Fsp3) is 1.00. The molecule has 21 heavy (non-hydrogen) atoms. The largest absolute Gasteiger partial charge is 0.390 e. The molecule has 2 N–H and O–H groups in total. The van der Waals surface area contributed by atoms with Crippen molar-refractivity contribution in [2.24, 2.45) is 11.3 Å². The summed E-state index contributed by atoms with van der Waals surface area (Å²) in [6.07, 6.45) is 7.14. The van der Waals surface area contributed by atoms with Crippen LogP contribution in [0, 0.1) is 11.3 Å². The van der Waals surface area contributed by atoms with Gasteiger partial charge >= 0.3 is 0 Å². The third kappa shape index (κ3) is 4.67. The average molecular weight is 296 g/mol. The molecule has 0 aromatic rings. The summed E-state index contributed by atoms with van der Waals surface area (Å²) in [5.74, 6) is 0.767. The minimum atomic E-state index is -0.428. The first-order chi connectivity index (χ1) is 9.84. The lowest BCUT2D eigenvalue weighted by atomic mass is 9.67. The van der Waals surface area contributed by atoms with E-state index >= 15 is 0 Å². The molecule has 0 aromatic carbocycles. The fourth-order valence-electron chi connectivity index (χ4n) is 4.27. The second-order valence-electron chi connectivity index (χ2n) is 8.37. The number of hydrogen-bond donors (Lipinski definition) is 2. The fourth-order valence-corrected chi connectivity index (χ4v) is 4.27. The van der Waals surface area contributed by atoms with Gasteiger partial charge in [0.25, 0.3) is 0 Å². The van der Waals surface area contributed by atoms with Gasteiger partial charge in [0.05, 0.1) is 5.60 Å². The number of hydrogen-bond acceptors (Lipinski definition) is 3. The Morgan fingerprint density at radius 1 is 1.14 bits per heavy atom. The highest BCUT2D eigenvalue weighted by Gasteiger charge is 2.39. The van der Waals surface area contributed by atoms with Crippen molar-refractivity contribution >= 4 is 0 Å². The van der Waals surface area contributed by atoms with Crippen molar-refractivity contribution in [2.75, 3.05) is 26.2 Å². The lowest BCUT2D eigenvalue weighted by Gasteiger charge is -2.47. The predicted molar refractivity (Wildman–Crippen MR) is 89.5 cm³/mol. The molecule has 1 heterocycles. The summed E-state index contributed by atoms with van der Waals surface area (Å²) in [7, 11) is 0. The second-order valence-corrected chi connectivity index (χ2v) is 8.37. The van der Waals surface area contributed by atoms with Crippen LogP contribution in [-0.4, -0.2) is 47.8 Å². The highest BCUT2D eigenvalue weighted by molar-refractivity contribution is 4.95. The Morgan fingerprint density at radius 3 is 2.43 bits per heavy atom. The molecule has 3 nitrogen and oxygen atoms in total. The number of nitrogens with zero attached hydrogens (tertiary/aromatic N) is 1. The Morgan fingerprint density at radius 2 is 1.81 bits per heavy atom. The zero-order chi connectivity index (χ0) is 15.5. The highest BCUT2D eigenvalue weighted by atomic mass is 16.3. The maximum Gasteiger partial charge on any atom is 0.0644 e. The molecule has 124 valence electrons. The van der Waals surface area contributed by atoms with Gasteiger partial charge in [-0.1, -0.05) is 27.2 Å². The third-order valence-corrected chi connectivity index (χ3v) is 5.75. The molecule has 2 aliphatic rings. The number of aliphatic hydroxyl groups is 1. The Kier molecular flexibility index (Phi) is 5.72. The Hall–Kier alpha value is -0.120. The van der Waals surface area contributed by atoms with Crippen LogP contribution in [0.3, 0.4) is 0 Å². The van der Waals surface area contributed by atoms with Gasteiger partial charge in [0.1, 0.15) is 0 Å². The van der Waals surface area contributed by atoms with E-state index in [1.54, 1.807) is 0 Å². The van der Waals surface area contributed by atoms with E-state index in [4.69, 9.17) is 0 Å². The normalized spacial score (nSPS) is 33.0. The molecule has 0 aromatic heterocycles. The summed E-state index contributed by atoms with van der Waals surface area (Å²) in [6.45, 7) is 13.6. The lowest BCUT2D eigenvalue weighted by molar-refractivity contribution is -0.0162. The Bertz CT molecular complexity index is 317. The van der Waals surface area contributed by atoms with Crippen molar-refractivity contribution in [2.45, 2.75) is 77.9 Å². The van der Waals surface area contributed by atoms with Gasteiger partial charge in [-0.25, -0.2) is 0 Å². The van der Waals surface area contributed by atoms with E-state index in [1.807, 2.05) is 6.92 Å². The molecule has 3 heteroatoms. The monoisotopic (exact) mass is 296 g/mol. The number of nitrogens with one attached hydrogen (secondary N) is 1. The van der Waals surface area contributed by atoms with Crippen molar-refractivity contribution < 1.29 is 5.11 Å². The molecule has 2 rings (SSSR count). The zero-order valence-electron chi connectivity index (χ0n) is 14.6. The average Bonchev–Trinajstić information content (AvgIpc) is 2.40. The zero-order valence-corrected chi connectivity index (χ0v) is 14.6. The lowest BCUT2D eigenvalue weighted by Crippen LogP contribution is -2.54. The van der Waals surface area contributed by atoms with Crippen LogP contribution in [0.15, 0.2) is 0 Å². The van der Waals surface area contributed by atoms with Gasteiger partial charge in [-0.15, -0.1) is 0 Å². The van der Waals surface area contributed by atoms with Crippen molar-refractivity contribution in [1.29, 1.82) is 0 Å². The summed E-state index contributed by atoms with van der Waals surface area (Å²) < 4.78 is 0. The van der Waals surface area contributed by atoms with Gasteiger partial charge in [0, 0.05) is 25.7 Å². The van der Waals surface area contributed by atoms with Crippen LogP contribution in [-0.2, 0) is 0 Å². The van der Waals surface area contributed by atoms with Gasteiger partial charge in [-0.2, -0.15) is 0 Å². The van der Waals surface area contributed by atoms with Gasteiger partial charge in [-0.3, -0.25) is 0 Å². The molecule has 0 radical (unpaired) electrons. The van der Waals surface area contributed by atoms with E-state index < -0.39 is 5.60 Å². The molecule has 0 bridgehead atoms. The first kappa shape index (κ1) is 17.2. The van der Waals surface area contributed by atoms with Crippen molar-refractivity contribution in [3.8, 4) is 0 Å². The molecule has 2 unspecified atom stereocenters. The molecule has 0 amide bonds. The van der Waals surface area contributed by atoms with Gasteiger partial charge < -0.3 is 15.3 Å². The summed E-state index contributed by atoms with van der Waals surface area (Å²) >= 11 is 0. The first-order valence-electron chi connectivity index (χ1n) is 9.02. The van der Waals surface area contributed by atoms with E-state index in [-0.39, 0.29) is 0 Å². The summed E-state index contributed by atoms with van der Waals surface area (Å²) in [5.41, 5.74) is -0.0123. The molecular formula is C18H36N2O. The van der Waals surface area contributed by atoms with Crippen LogP contribution in [0.25, 0.3) is 0 Å². The van der Waals surface area contributed by atoms with E-state index in [9.17, 15) is 5.11 Å². The van der Waals surface area contributed by atoms with Crippen LogP contribution in [0.2, 0.25) is 0 Å². The first-order valence-corrected chi connectivity index (χ1v) is 9.02.